The Bertz CT molecular complexity index is 1070. The molecule has 10 heteroatoms. The van der Waals surface area contributed by atoms with Gasteiger partial charge in [0.1, 0.15) is 5.82 Å². The summed E-state index contributed by atoms with van der Waals surface area (Å²) in [5.41, 5.74) is 0.944. The molecule has 0 saturated heterocycles. The molecule has 1 amide bonds. The van der Waals surface area contributed by atoms with Gasteiger partial charge in [-0.2, -0.15) is 0 Å². The molecule has 0 aliphatic heterocycles. The Morgan fingerprint density at radius 1 is 1.21 bits per heavy atom. The summed E-state index contributed by atoms with van der Waals surface area (Å²) in [7, 11) is 0. The smallest absolute Gasteiger partial charge is 0.236 e. The van der Waals surface area contributed by atoms with Crippen LogP contribution in [0.3, 0.4) is 0 Å². The van der Waals surface area contributed by atoms with Crippen LogP contribution in [0.15, 0.2) is 28.7 Å². The second kappa shape index (κ2) is 7.49. The van der Waals surface area contributed by atoms with Crippen molar-refractivity contribution in [2.45, 2.75) is 42.8 Å². The van der Waals surface area contributed by atoms with Gasteiger partial charge in [0.05, 0.1) is 11.4 Å². The maximum absolute atomic E-state index is 13.4. The van der Waals surface area contributed by atoms with Gasteiger partial charge in [0.2, 0.25) is 5.91 Å². The third-order valence-electron chi connectivity index (χ3n) is 4.84. The summed E-state index contributed by atoms with van der Waals surface area (Å²) in [5.74, 6) is -0.237. The predicted octanol–water partition coefficient (Wildman–Crippen LogP) is 4.62. The van der Waals surface area contributed by atoms with E-state index in [4.69, 9.17) is 0 Å². The molecule has 1 N–H and O–H groups in total. The zero-order chi connectivity index (χ0) is 20.0. The normalized spacial score (nSPS) is 16.2. The van der Waals surface area contributed by atoms with Crippen LogP contribution in [0, 0.1) is 11.6 Å². The number of nitrogens with one attached hydrogen (secondary N) is 1. The first kappa shape index (κ1) is 18.7. The van der Waals surface area contributed by atoms with Crippen LogP contribution >= 0.6 is 23.1 Å². The van der Waals surface area contributed by atoms with Crippen LogP contribution in [0.4, 0.5) is 13.9 Å². The molecule has 2 aliphatic rings. The Hall–Kier alpha value is -2.33. The van der Waals surface area contributed by atoms with Gasteiger partial charge in [0.15, 0.2) is 21.9 Å². The van der Waals surface area contributed by atoms with E-state index in [1.54, 1.807) is 5.38 Å². The summed E-state index contributed by atoms with van der Waals surface area (Å²) in [4.78, 5) is 16.6. The number of rotatable bonds is 7. The van der Waals surface area contributed by atoms with E-state index >= 15 is 0 Å². The van der Waals surface area contributed by atoms with Crippen LogP contribution in [0.5, 0.6) is 0 Å². The van der Waals surface area contributed by atoms with Crippen molar-refractivity contribution >= 4 is 34.1 Å². The van der Waals surface area contributed by atoms with Gasteiger partial charge in [-0.1, -0.05) is 11.8 Å². The van der Waals surface area contributed by atoms with Gasteiger partial charge in [-0.15, -0.1) is 21.5 Å². The number of hydrogen-bond donors (Lipinski definition) is 1. The van der Waals surface area contributed by atoms with E-state index in [9.17, 15) is 13.6 Å². The monoisotopic (exact) mass is 433 g/mol. The van der Waals surface area contributed by atoms with Crippen molar-refractivity contribution in [1.82, 2.24) is 19.7 Å². The van der Waals surface area contributed by atoms with Crippen LogP contribution in [0.2, 0.25) is 0 Å². The molecule has 150 valence electrons. The van der Waals surface area contributed by atoms with Crippen molar-refractivity contribution in [3.8, 4) is 11.3 Å². The van der Waals surface area contributed by atoms with E-state index in [1.165, 1.54) is 42.0 Å². The summed E-state index contributed by atoms with van der Waals surface area (Å²) in [6.07, 6.45) is 4.62. The van der Waals surface area contributed by atoms with E-state index in [2.05, 4.69) is 25.1 Å². The maximum atomic E-state index is 13.4. The molecular weight excluding hydrogens is 416 g/mol. The zero-order valence-electron chi connectivity index (χ0n) is 15.3. The minimum Gasteiger partial charge on any atom is -0.303 e. The molecule has 2 aliphatic carbocycles. The predicted molar refractivity (Wildman–Crippen MR) is 107 cm³/mol. The number of carbonyl (C=O) groups excluding carboxylic acids is 1. The molecular formula is C19H17F2N5OS2. The molecule has 0 unspecified atom stereocenters. The Balaban J connectivity index is 1.22. The third-order valence-corrected chi connectivity index (χ3v) is 6.54. The van der Waals surface area contributed by atoms with Crippen molar-refractivity contribution in [2.24, 2.45) is 0 Å². The first-order valence-electron chi connectivity index (χ1n) is 9.37. The SMILES string of the molecule is O=C(CSc1nnc(C2CC2)n1C1CC1)Nc1nc(-c2ccc(F)c(F)c2)cs1. The minimum absolute atomic E-state index is 0.195. The van der Waals surface area contributed by atoms with E-state index in [0.717, 1.165) is 36.0 Å². The highest BCUT2D eigenvalue weighted by molar-refractivity contribution is 7.99. The summed E-state index contributed by atoms with van der Waals surface area (Å²) in [6.45, 7) is 0. The number of anilines is 1. The van der Waals surface area contributed by atoms with Gasteiger partial charge in [0.25, 0.3) is 0 Å². The van der Waals surface area contributed by atoms with Crippen LogP contribution in [0.25, 0.3) is 11.3 Å². The average molecular weight is 434 g/mol. The van der Waals surface area contributed by atoms with E-state index in [1.807, 2.05) is 0 Å². The number of benzene rings is 1. The summed E-state index contributed by atoms with van der Waals surface area (Å²) in [6, 6.07) is 4.08. The van der Waals surface area contributed by atoms with E-state index in [-0.39, 0.29) is 11.7 Å². The third kappa shape index (κ3) is 4.04. The number of thiazole rings is 1. The number of hydrogen-bond acceptors (Lipinski definition) is 6. The van der Waals surface area contributed by atoms with Gasteiger partial charge in [-0.05, 0) is 43.9 Å². The molecule has 2 fully saturated rings. The Morgan fingerprint density at radius 3 is 2.76 bits per heavy atom. The highest BCUT2D eigenvalue weighted by Crippen LogP contribution is 2.46. The van der Waals surface area contributed by atoms with Crippen LogP contribution < -0.4 is 5.32 Å². The lowest BCUT2D eigenvalue weighted by atomic mass is 10.2. The van der Waals surface area contributed by atoms with Crippen molar-refractivity contribution in [3.05, 3.63) is 41.0 Å². The Kier molecular flexibility index (Phi) is 4.83. The van der Waals surface area contributed by atoms with Crippen molar-refractivity contribution in [1.29, 1.82) is 0 Å². The van der Waals surface area contributed by atoms with Gasteiger partial charge >= 0.3 is 0 Å². The molecule has 0 bridgehead atoms. The highest BCUT2D eigenvalue weighted by atomic mass is 32.2. The molecule has 0 atom stereocenters. The number of amides is 1. The topological polar surface area (TPSA) is 72.7 Å². The van der Waals surface area contributed by atoms with Crippen molar-refractivity contribution in [2.75, 3.05) is 11.1 Å². The summed E-state index contributed by atoms with van der Waals surface area (Å²) < 4.78 is 28.7. The lowest BCUT2D eigenvalue weighted by Crippen LogP contribution is -2.14. The van der Waals surface area contributed by atoms with Gasteiger partial charge in [0, 0.05) is 22.9 Å². The molecule has 5 rings (SSSR count). The second-order valence-corrected chi connectivity index (χ2v) is 9.02. The minimum atomic E-state index is -0.928. The van der Waals surface area contributed by atoms with Gasteiger partial charge < -0.3 is 9.88 Å². The average Bonchev–Trinajstić information content (AvgIpc) is 3.64. The fourth-order valence-corrected chi connectivity index (χ4v) is 4.64. The lowest BCUT2D eigenvalue weighted by Gasteiger charge is -2.07. The number of carbonyl (C=O) groups is 1. The summed E-state index contributed by atoms with van der Waals surface area (Å²) >= 11 is 2.62. The molecule has 29 heavy (non-hydrogen) atoms. The van der Waals surface area contributed by atoms with Crippen LogP contribution in [-0.2, 0) is 4.79 Å². The molecule has 3 aromatic rings. The van der Waals surface area contributed by atoms with Crippen LogP contribution in [-0.4, -0.2) is 31.4 Å². The van der Waals surface area contributed by atoms with Gasteiger partial charge in [-0.25, -0.2) is 13.8 Å². The molecule has 2 saturated carbocycles. The van der Waals surface area contributed by atoms with E-state index < -0.39 is 11.6 Å². The molecule has 2 aromatic heterocycles. The standard InChI is InChI=1S/C19H17F2N5OS2/c20-13-6-3-11(7-14(13)21)15-8-28-18(22-15)23-16(27)9-29-19-25-24-17(10-1-2-10)26(19)12-4-5-12/h3,6-8,10,12H,1-2,4-5,9H2,(H,22,23,27). The van der Waals surface area contributed by atoms with Crippen molar-refractivity contribution < 1.29 is 13.6 Å². The number of nitrogens with zero attached hydrogens (tertiary/aromatic N) is 4. The fraction of sp³-hybridized carbons (Fsp3) is 0.368. The number of thioether (sulfide) groups is 1. The maximum Gasteiger partial charge on any atom is 0.236 e. The Labute approximate surface area is 173 Å². The van der Waals surface area contributed by atoms with Crippen LogP contribution in [0.1, 0.15) is 43.5 Å². The Morgan fingerprint density at radius 2 is 2.03 bits per heavy atom. The van der Waals surface area contributed by atoms with Gasteiger partial charge in [-0.3, -0.25) is 4.79 Å². The molecule has 0 spiro atoms. The van der Waals surface area contributed by atoms with Crippen molar-refractivity contribution in [3.63, 3.8) is 0 Å². The first-order chi connectivity index (χ1) is 14.1. The fourth-order valence-electron chi connectivity index (χ4n) is 3.09. The number of aromatic nitrogens is 4. The highest BCUT2D eigenvalue weighted by Gasteiger charge is 2.36. The second-order valence-electron chi connectivity index (χ2n) is 7.22. The number of halogens is 2. The quantitative estimate of drug-likeness (QED) is 0.551. The van der Waals surface area contributed by atoms with E-state index in [0.29, 0.717) is 28.3 Å². The largest absolute Gasteiger partial charge is 0.303 e. The molecule has 0 radical (unpaired) electrons. The molecule has 1 aromatic carbocycles. The zero-order valence-corrected chi connectivity index (χ0v) is 16.9. The lowest BCUT2D eigenvalue weighted by molar-refractivity contribution is -0.113. The molecule has 2 heterocycles. The first-order valence-corrected chi connectivity index (χ1v) is 11.2. The summed E-state index contributed by atoms with van der Waals surface area (Å²) in [5, 5.41) is 14.3. The molecule has 6 nitrogen and oxygen atoms in total.